The molecule has 0 aliphatic rings. The van der Waals surface area contributed by atoms with Crippen LogP contribution < -0.4 is 14.2 Å². The fraction of sp³-hybridized carbons (Fsp3) is 0.174. The van der Waals surface area contributed by atoms with Gasteiger partial charge in [0.1, 0.15) is 5.75 Å². The molecule has 2 rings (SSSR count). The minimum Gasteiger partial charge on any atom is -0.423 e. The fourth-order valence-electron chi connectivity index (χ4n) is 2.14. The lowest BCUT2D eigenvalue weighted by Gasteiger charge is -2.12. The predicted octanol–water partition coefficient (Wildman–Crippen LogP) is 4.63. The summed E-state index contributed by atoms with van der Waals surface area (Å²) < 4.78 is 15.7. The summed E-state index contributed by atoms with van der Waals surface area (Å²) in [4.78, 5) is 35.2. The Morgan fingerprint density at radius 2 is 1.31 bits per heavy atom. The van der Waals surface area contributed by atoms with Gasteiger partial charge in [-0.1, -0.05) is 38.3 Å². The highest BCUT2D eigenvalue weighted by Gasteiger charge is 2.15. The first kappa shape index (κ1) is 21.6. The molecule has 2 aromatic rings. The summed E-state index contributed by atoms with van der Waals surface area (Å²) in [7, 11) is 0. The monoisotopic (exact) mass is 394 g/mol. The van der Waals surface area contributed by atoms with Crippen LogP contribution in [0.2, 0.25) is 0 Å². The molecule has 0 amide bonds. The summed E-state index contributed by atoms with van der Waals surface area (Å²) >= 11 is 0. The second kappa shape index (κ2) is 9.50. The zero-order valence-electron chi connectivity index (χ0n) is 16.6. The van der Waals surface area contributed by atoms with Crippen molar-refractivity contribution in [3.8, 4) is 28.4 Å². The van der Waals surface area contributed by atoms with Crippen LogP contribution in [-0.2, 0) is 14.4 Å². The van der Waals surface area contributed by atoms with Crippen molar-refractivity contribution in [2.24, 2.45) is 0 Å². The number of ether oxygens (including phenoxy) is 3. The normalized spacial score (nSPS) is 10.0. The van der Waals surface area contributed by atoms with Crippen molar-refractivity contribution in [3.63, 3.8) is 0 Å². The fourth-order valence-corrected chi connectivity index (χ4v) is 2.14. The Morgan fingerprint density at radius 3 is 1.86 bits per heavy atom. The van der Waals surface area contributed by atoms with Crippen LogP contribution >= 0.6 is 0 Å². The van der Waals surface area contributed by atoms with Gasteiger partial charge in [0, 0.05) is 17.6 Å². The van der Waals surface area contributed by atoms with Crippen molar-refractivity contribution >= 4 is 17.9 Å². The first-order valence-electron chi connectivity index (χ1n) is 8.91. The molecular weight excluding hydrogens is 372 g/mol. The quantitative estimate of drug-likeness (QED) is 0.387. The van der Waals surface area contributed by atoms with Crippen molar-refractivity contribution in [2.75, 3.05) is 0 Å². The third kappa shape index (κ3) is 5.90. The van der Waals surface area contributed by atoms with E-state index in [4.69, 9.17) is 14.2 Å². The van der Waals surface area contributed by atoms with Crippen LogP contribution in [0.15, 0.2) is 66.8 Å². The van der Waals surface area contributed by atoms with Gasteiger partial charge in [-0.05, 0) is 49.2 Å². The molecule has 29 heavy (non-hydrogen) atoms. The second-order valence-electron chi connectivity index (χ2n) is 6.35. The number of esters is 3. The van der Waals surface area contributed by atoms with Crippen LogP contribution in [0, 0.1) is 0 Å². The Labute approximate surface area is 169 Å². The second-order valence-corrected chi connectivity index (χ2v) is 6.35. The van der Waals surface area contributed by atoms with Gasteiger partial charge in [-0.3, -0.25) is 4.79 Å². The van der Waals surface area contributed by atoms with Crippen molar-refractivity contribution in [3.05, 3.63) is 66.8 Å². The molecule has 0 unspecified atom stereocenters. The molecule has 150 valence electrons. The van der Waals surface area contributed by atoms with Gasteiger partial charge in [0.2, 0.25) is 0 Å². The van der Waals surface area contributed by atoms with Crippen LogP contribution in [0.3, 0.4) is 0 Å². The highest BCUT2D eigenvalue weighted by atomic mass is 16.6. The number of benzene rings is 2. The van der Waals surface area contributed by atoms with E-state index in [1.807, 2.05) is 0 Å². The van der Waals surface area contributed by atoms with Crippen LogP contribution in [0.4, 0.5) is 0 Å². The third-order valence-electron chi connectivity index (χ3n) is 3.75. The first-order valence-corrected chi connectivity index (χ1v) is 8.91. The maximum atomic E-state index is 11.8. The first-order chi connectivity index (χ1) is 13.7. The van der Waals surface area contributed by atoms with Crippen molar-refractivity contribution in [1.29, 1.82) is 0 Å². The lowest BCUT2D eigenvalue weighted by atomic mass is 10.0. The van der Waals surface area contributed by atoms with Gasteiger partial charge in [0.15, 0.2) is 11.5 Å². The Hall–Kier alpha value is -3.67. The molecule has 0 saturated carbocycles. The molecule has 0 radical (unpaired) electrons. The van der Waals surface area contributed by atoms with E-state index in [1.165, 1.54) is 6.92 Å². The van der Waals surface area contributed by atoms with Crippen molar-refractivity contribution < 1.29 is 28.6 Å². The van der Waals surface area contributed by atoms with Crippen LogP contribution in [0.5, 0.6) is 17.2 Å². The number of carbonyl (C=O) groups excluding carboxylic acids is 3. The molecule has 0 aromatic heterocycles. The van der Waals surface area contributed by atoms with Crippen LogP contribution in [0.25, 0.3) is 11.1 Å². The zero-order valence-corrected chi connectivity index (χ0v) is 16.6. The molecule has 0 spiro atoms. The molecular formula is C23H22O6. The maximum Gasteiger partial charge on any atom is 0.338 e. The number of carbonyl (C=O) groups is 3. The lowest BCUT2D eigenvalue weighted by molar-refractivity contribution is -0.135. The van der Waals surface area contributed by atoms with Crippen LogP contribution in [-0.4, -0.2) is 17.9 Å². The summed E-state index contributed by atoms with van der Waals surface area (Å²) in [6, 6.07) is 11.7. The summed E-state index contributed by atoms with van der Waals surface area (Å²) in [5, 5.41) is 0. The van der Waals surface area contributed by atoms with E-state index in [2.05, 4.69) is 13.2 Å². The average Bonchev–Trinajstić information content (AvgIpc) is 2.69. The smallest absolute Gasteiger partial charge is 0.338 e. The Balaban J connectivity index is 2.32. The van der Waals surface area contributed by atoms with Crippen molar-refractivity contribution in [2.45, 2.75) is 27.2 Å². The molecule has 6 nitrogen and oxygen atoms in total. The molecule has 6 heteroatoms. The highest BCUT2D eigenvalue weighted by Crippen LogP contribution is 2.34. The molecule has 2 aromatic carbocycles. The maximum absolute atomic E-state index is 11.8. The molecule has 0 fully saturated rings. The van der Waals surface area contributed by atoms with E-state index in [0.29, 0.717) is 11.3 Å². The number of hydrogen-bond donors (Lipinski definition) is 0. The average molecular weight is 394 g/mol. The van der Waals surface area contributed by atoms with E-state index in [1.54, 1.807) is 56.3 Å². The summed E-state index contributed by atoms with van der Waals surface area (Å²) in [6.45, 7) is 11.8. The topological polar surface area (TPSA) is 78.9 Å². The van der Waals surface area contributed by atoms with E-state index >= 15 is 0 Å². The summed E-state index contributed by atoms with van der Waals surface area (Å²) in [5.41, 5.74) is 2.03. The third-order valence-corrected chi connectivity index (χ3v) is 3.75. The largest absolute Gasteiger partial charge is 0.423 e. The molecule has 0 saturated heterocycles. The minimum absolute atomic E-state index is 0.121. The number of rotatable bonds is 7. The van der Waals surface area contributed by atoms with Crippen molar-refractivity contribution in [1.82, 2.24) is 0 Å². The van der Waals surface area contributed by atoms with Gasteiger partial charge < -0.3 is 14.2 Å². The molecule has 0 N–H and O–H groups in total. The number of hydrogen-bond acceptors (Lipinski definition) is 6. The standard InChI is InChI=1S/C23H22O6/c1-6-21(24)28-20-13-17(9-12-19(20)29-23(26)15(4)5)16-7-10-18(11-8-16)27-22(25)14(2)3/h7-13H,2,4,6H2,1,3,5H3. The van der Waals surface area contributed by atoms with E-state index in [0.717, 1.165) is 11.1 Å². The molecule has 0 atom stereocenters. The zero-order chi connectivity index (χ0) is 21.6. The van der Waals surface area contributed by atoms with Gasteiger partial charge >= 0.3 is 17.9 Å². The summed E-state index contributed by atoms with van der Waals surface area (Å²) in [6.07, 6.45) is 0.168. The highest BCUT2D eigenvalue weighted by molar-refractivity contribution is 5.90. The van der Waals surface area contributed by atoms with Gasteiger partial charge in [-0.15, -0.1) is 0 Å². The summed E-state index contributed by atoms with van der Waals surface area (Å²) in [5.74, 6) is -0.953. The van der Waals surface area contributed by atoms with Gasteiger partial charge in [0.05, 0.1) is 0 Å². The van der Waals surface area contributed by atoms with Gasteiger partial charge in [0.25, 0.3) is 0 Å². The van der Waals surface area contributed by atoms with Gasteiger partial charge in [-0.2, -0.15) is 0 Å². The molecule has 0 aliphatic carbocycles. The van der Waals surface area contributed by atoms with Crippen LogP contribution in [0.1, 0.15) is 27.2 Å². The minimum atomic E-state index is -0.616. The lowest BCUT2D eigenvalue weighted by Crippen LogP contribution is -2.11. The molecule has 0 heterocycles. The predicted molar refractivity (Wildman–Crippen MR) is 109 cm³/mol. The van der Waals surface area contributed by atoms with E-state index < -0.39 is 17.9 Å². The SMILES string of the molecule is C=C(C)C(=O)Oc1ccc(-c2ccc(OC(=O)C(=C)C)c(OC(=O)CC)c2)cc1. The molecule has 0 bridgehead atoms. The Kier molecular flexibility index (Phi) is 7.09. The van der Waals surface area contributed by atoms with Gasteiger partial charge in [-0.25, -0.2) is 9.59 Å². The van der Waals surface area contributed by atoms with E-state index in [9.17, 15) is 14.4 Å². The Bertz CT molecular complexity index is 969. The Morgan fingerprint density at radius 1 is 0.759 bits per heavy atom. The van der Waals surface area contributed by atoms with E-state index in [-0.39, 0.29) is 23.5 Å². The molecule has 0 aliphatic heterocycles.